The summed E-state index contributed by atoms with van der Waals surface area (Å²) >= 11 is 7.81. The SMILES string of the molecule is COc1ccc2c(c1)-c1cc(OC)ccc1C2c1cc2c(s1)c1sc(C3c4ccc(OC)cc4-c4cc(OC)ccc43)cc1c1c3sc(C)cc3sc21. The fraction of sp³-hybridized carbons (Fsp3) is 0.156. The second-order valence-corrected chi connectivity index (χ2v) is 18.3. The summed E-state index contributed by atoms with van der Waals surface area (Å²) in [7, 11) is 6.95. The van der Waals surface area contributed by atoms with Gasteiger partial charge in [0, 0.05) is 52.0 Å². The van der Waals surface area contributed by atoms with Gasteiger partial charge < -0.3 is 18.9 Å². The van der Waals surface area contributed by atoms with Crippen LogP contribution in [0.2, 0.25) is 0 Å². The number of benzene rings is 5. The largest absolute Gasteiger partial charge is 0.497 e. The number of thiophene rings is 4. The molecule has 0 amide bonds. The molecule has 0 atom stereocenters. The van der Waals surface area contributed by atoms with Crippen LogP contribution < -0.4 is 18.9 Å². The molecule has 0 N–H and O–H groups in total. The number of ether oxygens (including phenoxy) is 4. The van der Waals surface area contributed by atoms with E-state index in [0.717, 1.165) is 23.0 Å². The summed E-state index contributed by atoms with van der Waals surface area (Å²) in [4.78, 5) is 4.08. The lowest BCUT2D eigenvalue weighted by atomic mass is 9.94. The van der Waals surface area contributed by atoms with Gasteiger partial charge in [0.15, 0.2) is 0 Å². The van der Waals surface area contributed by atoms with Crippen LogP contribution in [-0.4, -0.2) is 28.4 Å². The van der Waals surface area contributed by atoms with Crippen molar-refractivity contribution in [1.82, 2.24) is 0 Å². The van der Waals surface area contributed by atoms with Crippen molar-refractivity contribution in [2.45, 2.75) is 18.8 Å². The van der Waals surface area contributed by atoms with Gasteiger partial charge in [-0.2, -0.15) is 0 Å². The van der Waals surface area contributed by atoms with E-state index in [1.165, 1.54) is 98.8 Å². The number of methoxy groups -OCH3 is 4. The first kappa shape index (κ1) is 31.6. The van der Waals surface area contributed by atoms with Crippen LogP contribution in [0.1, 0.15) is 48.7 Å². The summed E-state index contributed by atoms with van der Waals surface area (Å²) in [5, 5.41) is 4.14. The van der Waals surface area contributed by atoms with Crippen molar-refractivity contribution in [1.29, 1.82) is 0 Å². The van der Waals surface area contributed by atoms with Gasteiger partial charge >= 0.3 is 0 Å². The van der Waals surface area contributed by atoms with Gasteiger partial charge in [-0.25, -0.2) is 0 Å². The smallest absolute Gasteiger partial charge is 0.119 e. The molecule has 2 aliphatic carbocycles. The lowest BCUT2D eigenvalue weighted by Gasteiger charge is -2.12. The summed E-state index contributed by atoms with van der Waals surface area (Å²) in [5.41, 5.74) is 10.1. The van der Waals surface area contributed by atoms with Gasteiger partial charge in [-0.1, -0.05) is 24.3 Å². The highest BCUT2D eigenvalue weighted by Crippen LogP contribution is 2.58. The topological polar surface area (TPSA) is 36.9 Å². The Kier molecular flexibility index (Phi) is 6.91. The van der Waals surface area contributed by atoms with E-state index >= 15 is 0 Å². The maximum absolute atomic E-state index is 5.70. The first-order chi connectivity index (χ1) is 26.0. The van der Waals surface area contributed by atoms with Gasteiger partial charge in [-0.3, -0.25) is 0 Å². The van der Waals surface area contributed by atoms with Crippen LogP contribution in [0.4, 0.5) is 0 Å². The molecule has 11 rings (SSSR count). The Morgan fingerprint density at radius 2 is 0.830 bits per heavy atom. The number of fused-ring (bicyclic) bond motifs is 14. The number of hydrogen-bond donors (Lipinski definition) is 0. The van der Waals surface area contributed by atoms with Gasteiger partial charge in [0.05, 0.1) is 42.5 Å². The molecule has 9 aromatic rings. The number of aryl methyl sites for hydroxylation is 1. The second kappa shape index (κ2) is 11.6. The van der Waals surface area contributed by atoms with Crippen molar-refractivity contribution in [3.05, 3.63) is 128 Å². The minimum atomic E-state index is 0.122. The van der Waals surface area contributed by atoms with Crippen molar-refractivity contribution in [2.24, 2.45) is 0 Å². The first-order valence-electron chi connectivity index (χ1n) is 17.5. The Labute approximate surface area is 322 Å². The standard InChI is InChI=1S/C45H32O4S4/c1-21-14-38-45(50-21)41-34-19-36(39-26-10-6-22(46-2)15-30(26)31-16-23(47-3)7-11-27(31)39)51-43(34)44-35(42(41)53-38)20-37(52-44)40-28-12-8-24(48-4)17-32(28)33-18-25(49-5)9-13-29(33)40/h6-20,39-40H,1-5H3. The van der Waals surface area contributed by atoms with Crippen LogP contribution in [-0.2, 0) is 0 Å². The molecule has 260 valence electrons. The van der Waals surface area contributed by atoms with Crippen molar-refractivity contribution >= 4 is 85.0 Å². The molecule has 2 aliphatic rings. The van der Waals surface area contributed by atoms with Gasteiger partial charge in [0.25, 0.3) is 0 Å². The second-order valence-electron chi connectivity index (χ2n) is 13.8. The van der Waals surface area contributed by atoms with E-state index in [0.29, 0.717) is 0 Å². The summed E-state index contributed by atoms with van der Waals surface area (Å²) in [6.07, 6.45) is 0. The van der Waals surface area contributed by atoms with Gasteiger partial charge in [0.1, 0.15) is 23.0 Å². The Hall–Kier alpha value is -4.86. The van der Waals surface area contributed by atoms with Crippen LogP contribution in [0.5, 0.6) is 23.0 Å². The predicted molar refractivity (Wildman–Crippen MR) is 225 cm³/mol. The van der Waals surface area contributed by atoms with Gasteiger partial charge in [0.2, 0.25) is 0 Å². The molecule has 0 fully saturated rings. The lowest BCUT2D eigenvalue weighted by molar-refractivity contribution is 0.414. The lowest BCUT2D eigenvalue weighted by Crippen LogP contribution is -1.96. The average molecular weight is 765 g/mol. The highest BCUT2D eigenvalue weighted by atomic mass is 32.1. The minimum Gasteiger partial charge on any atom is -0.497 e. The zero-order chi connectivity index (χ0) is 35.7. The van der Waals surface area contributed by atoms with Gasteiger partial charge in [-0.15, -0.1) is 45.3 Å². The predicted octanol–water partition coefficient (Wildman–Crippen LogP) is 13.2. The van der Waals surface area contributed by atoms with E-state index in [2.05, 4.69) is 97.9 Å². The molecule has 0 spiro atoms. The molecule has 4 aromatic heterocycles. The zero-order valence-electron chi connectivity index (χ0n) is 29.6. The van der Waals surface area contributed by atoms with E-state index in [1.54, 1.807) is 28.4 Å². The van der Waals surface area contributed by atoms with Gasteiger partial charge in [-0.05, 0) is 118 Å². The first-order valence-corrected chi connectivity index (χ1v) is 20.8. The summed E-state index contributed by atoms with van der Waals surface area (Å²) in [6.45, 7) is 2.23. The van der Waals surface area contributed by atoms with E-state index < -0.39 is 0 Å². The molecule has 4 nitrogen and oxygen atoms in total. The Balaban J connectivity index is 1.18. The molecule has 0 radical (unpaired) electrons. The van der Waals surface area contributed by atoms with E-state index in [-0.39, 0.29) is 11.8 Å². The average Bonchev–Trinajstić information content (AvgIpc) is 4.03. The third-order valence-corrected chi connectivity index (χ3v) is 16.1. The maximum atomic E-state index is 5.70. The summed E-state index contributed by atoms with van der Waals surface area (Å²) < 4.78 is 29.7. The highest BCUT2D eigenvalue weighted by Gasteiger charge is 2.35. The van der Waals surface area contributed by atoms with Crippen molar-refractivity contribution < 1.29 is 18.9 Å². The number of rotatable bonds is 6. The van der Waals surface area contributed by atoms with Crippen molar-refractivity contribution in [2.75, 3.05) is 28.4 Å². The molecule has 0 saturated carbocycles. The maximum Gasteiger partial charge on any atom is 0.119 e. The van der Waals surface area contributed by atoms with E-state index in [4.69, 9.17) is 18.9 Å². The molecule has 53 heavy (non-hydrogen) atoms. The van der Waals surface area contributed by atoms with Crippen LogP contribution in [0.3, 0.4) is 0 Å². The molecular weight excluding hydrogens is 733 g/mol. The molecule has 0 saturated heterocycles. The molecule has 0 aliphatic heterocycles. The fourth-order valence-corrected chi connectivity index (χ4v) is 14.2. The summed E-state index contributed by atoms with van der Waals surface area (Å²) in [6, 6.07) is 33.6. The number of hydrogen-bond acceptors (Lipinski definition) is 8. The van der Waals surface area contributed by atoms with Crippen LogP contribution in [0, 0.1) is 6.92 Å². The Morgan fingerprint density at radius 3 is 1.26 bits per heavy atom. The van der Waals surface area contributed by atoms with Crippen molar-refractivity contribution in [3.63, 3.8) is 0 Å². The minimum absolute atomic E-state index is 0.122. The molecular formula is C45H32O4S4. The van der Waals surface area contributed by atoms with Crippen LogP contribution in [0.25, 0.3) is 61.9 Å². The quantitative estimate of drug-likeness (QED) is 0.169. The summed E-state index contributed by atoms with van der Waals surface area (Å²) in [5.74, 6) is 3.71. The van der Waals surface area contributed by atoms with E-state index in [9.17, 15) is 0 Å². The normalized spacial score (nSPS) is 13.6. The Morgan fingerprint density at radius 1 is 0.415 bits per heavy atom. The molecule has 4 heterocycles. The monoisotopic (exact) mass is 764 g/mol. The molecule has 0 bridgehead atoms. The zero-order valence-corrected chi connectivity index (χ0v) is 32.8. The third-order valence-electron chi connectivity index (χ3n) is 11.1. The van der Waals surface area contributed by atoms with E-state index in [1.807, 2.05) is 45.3 Å². The molecule has 0 unspecified atom stereocenters. The van der Waals surface area contributed by atoms with Crippen LogP contribution >= 0.6 is 45.3 Å². The highest BCUT2D eigenvalue weighted by molar-refractivity contribution is 7.35. The molecule has 8 heteroatoms. The Bertz CT molecular complexity index is 2890. The fourth-order valence-electron chi connectivity index (χ4n) is 8.77. The molecule has 5 aromatic carbocycles. The van der Waals surface area contributed by atoms with Crippen LogP contribution in [0.15, 0.2) is 91.0 Å². The third kappa shape index (κ3) is 4.44. The van der Waals surface area contributed by atoms with Crippen molar-refractivity contribution in [3.8, 4) is 45.3 Å².